The number of aromatic nitrogens is 1. The second-order valence-electron chi connectivity index (χ2n) is 4.87. The summed E-state index contributed by atoms with van der Waals surface area (Å²) in [4.78, 5) is 7.00. The highest BCUT2D eigenvalue weighted by molar-refractivity contribution is 5.08. The van der Waals surface area contributed by atoms with E-state index in [-0.39, 0.29) is 0 Å². The average molecular weight is 233 g/mol. The zero-order valence-corrected chi connectivity index (χ0v) is 10.9. The number of hydrogen-bond donors (Lipinski definition) is 1. The second kappa shape index (κ2) is 6.12. The van der Waals surface area contributed by atoms with Gasteiger partial charge in [-0.05, 0) is 25.5 Å². The Hall–Kier alpha value is -0.930. The van der Waals surface area contributed by atoms with Crippen molar-refractivity contribution >= 4 is 0 Å². The Bertz CT molecular complexity index is 323. The lowest BCUT2D eigenvalue weighted by Gasteiger charge is -2.37. The molecule has 1 aliphatic heterocycles. The zero-order chi connectivity index (χ0) is 12.1. The van der Waals surface area contributed by atoms with E-state index in [1.54, 1.807) is 0 Å². The van der Waals surface area contributed by atoms with E-state index in [0.717, 1.165) is 19.6 Å². The fourth-order valence-electron chi connectivity index (χ4n) is 2.55. The quantitative estimate of drug-likeness (QED) is 0.864. The van der Waals surface area contributed by atoms with Crippen LogP contribution in [0.3, 0.4) is 0 Å². The van der Waals surface area contributed by atoms with Gasteiger partial charge in [0, 0.05) is 37.9 Å². The molecule has 1 aromatic heterocycles. The summed E-state index contributed by atoms with van der Waals surface area (Å²) in [6.07, 6.45) is 4.41. The molecule has 0 aliphatic carbocycles. The van der Waals surface area contributed by atoms with Crippen LogP contribution in [0.15, 0.2) is 24.4 Å². The third-order valence-electron chi connectivity index (χ3n) is 3.59. The van der Waals surface area contributed by atoms with Gasteiger partial charge in [-0.15, -0.1) is 0 Å². The van der Waals surface area contributed by atoms with Crippen molar-refractivity contribution in [3.05, 3.63) is 30.1 Å². The van der Waals surface area contributed by atoms with Crippen LogP contribution in [-0.2, 0) is 0 Å². The molecule has 0 spiro atoms. The molecule has 3 heteroatoms. The monoisotopic (exact) mass is 233 g/mol. The van der Waals surface area contributed by atoms with Gasteiger partial charge in [-0.2, -0.15) is 0 Å². The molecule has 1 aliphatic rings. The van der Waals surface area contributed by atoms with Crippen molar-refractivity contribution < 1.29 is 0 Å². The summed E-state index contributed by atoms with van der Waals surface area (Å²) < 4.78 is 0. The number of pyridine rings is 1. The van der Waals surface area contributed by atoms with E-state index in [0.29, 0.717) is 12.1 Å². The first-order chi connectivity index (χ1) is 8.31. The molecule has 2 rings (SSSR count). The van der Waals surface area contributed by atoms with Crippen LogP contribution in [0, 0.1) is 0 Å². The van der Waals surface area contributed by atoms with Crippen LogP contribution < -0.4 is 5.32 Å². The first-order valence-corrected chi connectivity index (χ1v) is 6.69. The molecule has 2 heterocycles. The molecule has 17 heavy (non-hydrogen) atoms. The lowest BCUT2D eigenvalue weighted by molar-refractivity contribution is 0.146. The Morgan fingerprint density at radius 3 is 3.12 bits per heavy atom. The summed E-state index contributed by atoms with van der Waals surface area (Å²) in [5.74, 6) is 0. The Kier molecular flexibility index (Phi) is 4.51. The number of hydrogen-bond acceptors (Lipinski definition) is 3. The van der Waals surface area contributed by atoms with Crippen LogP contribution in [0.1, 0.15) is 38.4 Å². The molecule has 1 fully saturated rings. The van der Waals surface area contributed by atoms with Crippen molar-refractivity contribution in [2.24, 2.45) is 0 Å². The summed E-state index contributed by atoms with van der Waals surface area (Å²) in [6.45, 7) is 7.88. The SMILES string of the molecule is CCCC1CN(C(C)c2ccccn2)CCN1. The van der Waals surface area contributed by atoms with Crippen molar-refractivity contribution in [1.82, 2.24) is 15.2 Å². The van der Waals surface area contributed by atoms with Gasteiger partial charge in [0.15, 0.2) is 0 Å². The van der Waals surface area contributed by atoms with Gasteiger partial charge < -0.3 is 5.32 Å². The molecular weight excluding hydrogens is 210 g/mol. The normalized spacial score (nSPS) is 23.5. The van der Waals surface area contributed by atoms with Crippen LogP contribution in [0.2, 0.25) is 0 Å². The molecule has 3 nitrogen and oxygen atoms in total. The molecule has 2 unspecified atom stereocenters. The van der Waals surface area contributed by atoms with Gasteiger partial charge in [0.05, 0.1) is 5.69 Å². The van der Waals surface area contributed by atoms with Crippen LogP contribution in [0.5, 0.6) is 0 Å². The van der Waals surface area contributed by atoms with E-state index in [1.165, 1.54) is 18.5 Å². The minimum Gasteiger partial charge on any atom is -0.311 e. The van der Waals surface area contributed by atoms with Crippen molar-refractivity contribution in [2.45, 2.75) is 38.8 Å². The summed E-state index contributed by atoms with van der Waals surface area (Å²) in [6, 6.07) is 7.26. The van der Waals surface area contributed by atoms with Crippen molar-refractivity contribution in [2.75, 3.05) is 19.6 Å². The number of piperazine rings is 1. The molecule has 2 atom stereocenters. The maximum absolute atomic E-state index is 4.46. The van der Waals surface area contributed by atoms with Crippen molar-refractivity contribution in [3.63, 3.8) is 0 Å². The minimum atomic E-state index is 0.428. The molecule has 1 aromatic rings. The molecule has 0 saturated carbocycles. The maximum atomic E-state index is 4.46. The third kappa shape index (κ3) is 3.27. The van der Waals surface area contributed by atoms with Gasteiger partial charge >= 0.3 is 0 Å². The van der Waals surface area contributed by atoms with Crippen LogP contribution in [0.4, 0.5) is 0 Å². The number of nitrogens with one attached hydrogen (secondary N) is 1. The predicted octanol–water partition coefficient (Wildman–Crippen LogP) is 2.22. The third-order valence-corrected chi connectivity index (χ3v) is 3.59. The van der Waals surface area contributed by atoms with Crippen LogP contribution in [0.25, 0.3) is 0 Å². The molecule has 0 bridgehead atoms. The zero-order valence-electron chi connectivity index (χ0n) is 10.9. The molecular formula is C14H23N3. The van der Waals surface area contributed by atoms with Gasteiger partial charge in [-0.25, -0.2) is 0 Å². The van der Waals surface area contributed by atoms with Gasteiger partial charge in [-0.1, -0.05) is 19.4 Å². The number of nitrogens with zero attached hydrogens (tertiary/aromatic N) is 2. The Labute approximate surface area is 104 Å². The van der Waals surface area contributed by atoms with E-state index in [9.17, 15) is 0 Å². The van der Waals surface area contributed by atoms with E-state index < -0.39 is 0 Å². The summed E-state index contributed by atoms with van der Waals surface area (Å²) in [5.41, 5.74) is 1.18. The Morgan fingerprint density at radius 2 is 2.41 bits per heavy atom. The van der Waals surface area contributed by atoms with Crippen molar-refractivity contribution in [1.29, 1.82) is 0 Å². The molecule has 0 radical (unpaired) electrons. The maximum Gasteiger partial charge on any atom is 0.0572 e. The van der Waals surface area contributed by atoms with E-state index in [1.807, 2.05) is 12.3 Å². The van der Waals surface area contributed by atoms with Crippen LogP contribution in [-0.4, -0.2) is 35.6 Å². The summed E-state index contributed by atoms with van der Waals surface area (Å²) in [5, 5.41) is 3.59. The van der Waals surface area contributed by atoms with Gasteiger partial charge in [-0.3, -0.25) is 9.88 Å². The summed E-state index contributed by atoms with van der Waals surface area (Å²) in [7, 11) is 0. The Morgan fingerprint density at radius 1 is 1.53 bits per heavy atom. The highest BCUT2D eigenvalue weighted by atomic mass is 15.2. The van der Waals surface area contributed by atoms with Gasteiger partial charge in [0.1, 0.15) is 0 Å². The van der Waals surface area contributed by atoms with Gasteiger partial charge in [0.25, 0.3) is 0 Å². The molecule has 1 saturated heterocycles. The van der Waals surface area contributed by atoms with Crippen molar-refractivity contribution in [3.8, 4) is 0 Å². The molecule has 0 amide bonds. The van der Waals surface area contributed by atoms with E-state index >= 15 is 0 Å². The fourth-order valence-corrected chi connectivity index (χ4v) is 2.55. The first kappa shape index (κ1) is 12.5. The van der Waals surface area contributed by atoms with E-state index in [4.69, 9.17) is 0 Å². The molecule has 0 aromatic carbocycles. The largest absolute Gasteiger partial charge is 0.311 e. The topological polar surface area (TPSA) is 28.2 Å². The smallest absolute Gasteiger partial charge is 0.0572 e. The summed E-state index contributed by atoms with van der Waals surface area (Å²) >= 11 is 0. The Balaban J connectivity index is 1.97. The lowest BCUT2D eigenvalue weighted by Crippen LogP contribution is -2.51. The molecule has 1 N–H and O–H groups in total. The second-order valence-corrected chi connectivity index (χ2v) is 4.87. The first-order valence-electron chi connectivity index (χ1n) is 6.69. The highest BCUT2D eigenvalue weighted by Gasteiger charge is 2.23. The fraction of sp³-hybridized carbons (Fsp3) is 0.643. The average Bonchev–Trinajstić information content (AvgIpc) is 2.40. The molecule has 94 valence electrons. The van der Waals surface area contributed by atoms with E-state index in [2.05, 4.69) is 41.2 Å². The lowest BCUT2D eigenvalue weighted by atomic mass is 10.1. The highest BCUT2D eigenvalue weighted by Crippen LogP contribution is 2.19. The number of rotatable bonds is 4. The standard InChI is InChI=1S/C14H23N3/c1-3-6-13-11-17(10-9-15-13)12(2)14-7-4-5-8-16-14/h4-5,7-8,12-13,15H,3,6,9-11H2,1-2H3. The van der Waals surface area contributed by atoms with Crippen LogP contribution >= 0.6 is 0 Å². The van der Waals surface area contributed by atoms with Gasteiger partial charge in [0.2, 0.25) is 0 Å². The predicted molar refractivity (Wildman–Crippen MR) is 70.9 cm³/mol. The minimum absolute atomic E-state index is 0.428.